The highest BCUT2D eigenvalue weighted by Crippen LogP contribution is 2.33. The van der Waals surface area contributed by atoms with E-state index in [2.05, 4.69) is 54.3 Å². The maximum atomic E-state index is 5.92. The van der Waals surface area contributed by atoms with Crippen molar-refractivity contribution in [3.8, 4) is 11.6 Å². The van der Waals surface area contributed by atoms with Gasteiger partial charge in [0.25, 0.3) is 5.89 Å². The fraction of sp³-hybridized carbons (Fsp3) is 0.250. The smallest absolute Gasteiger partial charge is 0.267 e. The Hall–Kier alpha value is -3.19. The van der Waals surface area contributed by atoms with Crippen LogP contribution in [0.3, 0.4) is 0 Å². The van der Waals surface area contributed by atoms with Gasteiger partial charge in [-0.05, 0) is 43.1 Å². The molecule has 0 bridgehead atoms. The molecule has 0 saturated carbocycles. The molecule has 5 rings (SSSR count). The van der Waals surface area contributed by atoms with Crippen LogP contribution >= 0.6 is 0 Å². The molecule has 3 aromatic heterocycles. The predicted octanol–water partition coefficient (Wildman–Crippen LogP) is 3.41. The van der Waals surface area contributed by atoms with Crippen LogP contribution in [0.25, 0.3) is 22.5 Å². The molecule has 0 N–H and O–H groups in total. The Morgan fingerprint density at radius 2 is 2.07 bits per heavy atom. The lowest BCUT2D eigenvalue weighted by atomic mass is 10.1. The van der Waals surface area contributed by atoms with Crippen LogP contribution in [-0.4, -0.2) is 36.6 Å². The molecular weight excluding hydrogens is 340 g/mol. The SMILES string of the molecule is c1cnc2ccc(CN3CCC[C@H]3c3nnc(-c4cnccn4)o3)cc2c1. The number of hydrogen-bond donors (Lipinski definition) is 0. The van der Waals surface area contributed by atoms with E-state index < -0.39 is 0 Å². The second kappa shape index (κ2) is 6.85. The molecule has 1 fully saturated rings. The van der Waals surface area contributed by atoms with Gasteiger partial charge in [0.2, 0.25) is 5.89 Å². The summed E-state index contributed by atoms with van der Waals surface area (Å²) in [5, 5.41) is 9.60. The molecule has 1 saturated heterocycles. The number of nitrogens with zero attached hydrogens (tertiary/aromatic N) is 6. The normalized spacial score (nSPS) is 17.6. The third kappa shape index (κ3) is 3.17. The van der Waals surface area contributed by atoms with Gasteiger partial charge in [-0.1, -0.05) is 12.1 Å². The van der Waals surface area contributed by atoms with E-state index in [0.717, 1.165) is 36.8 Å². The molecule has 1 aromatic carbocycles. The molecule has 4 aromatic rings. The van der Waals surface area contributed by atoms with Crippen LogP contribution in [0.2, 0.25) is 0 Å². The molecule has 7 heteroatoms. The first kappa shape index (κ1) is 16.0. The molecule has 0 amide bonds. The Kier molecular flexibility index (Phi) is 4.06. The summed E-state index contributed by atoms with van der Waals surface area (Å²) in [7, 11) is 0. The lowest BCUT2D eigenvalue weighted by Crippen LogP contribution is -2.23. The maximum Gasteiger partial charge on any atom is 0.267 e. The maximum absolute atomic E-state index is 5.92. The average molecular weight is 358 g/mol. The van der Waals surface area contributed by atoms with Crippen LogP contribution in [0.5, 0.6) is 0 Å². The lowest BCUT2D eigenvalue weighted by molar-refractivity contribution is 0.215. The van der Waals surface area contributed by atoms with E-state index in [1.807, 2.05) is 12.3 Å². The molecule has 134 valence electrons. The molecule has 7 nitrogen and oxygen atoms in total. The van der Waals surface area contributed by atoms with E-state index in [-0.39, 0.29) is 6.04 Å². The monoisotopic (exact) mass is 358 g/mol. The lowest BCUT2D eigenvalue weighted by Gasteiger charge is -2.21. The topological polar surface area (TPSA) is 80.8 Å². The van der Waals surface area contributed by atoms with E-state index >= 15 is 0 Å². The minimum absolute atomic E-state index is 0.132. The Bertz CT molecular complexity index is 1060. The highest BCUT2D eigenvalue weighted by atomic mass is 16.4. The van der Waals surface area contributed by atoms with Crippen molar-refractivity contribution < 1.29 is 4.42 Å². The van der Waals surface area contributed by atoms with Crippen molar-refractivity contribution in [2.24, 2.45) is 0 Å². The first-order valence-corrected chi connectivity index (χ1v) is 9.04. The number of benzene rings is 1. The van der Waals surface area contributed by atoms with E-state index in [1.165, 1.54) is 5.56 Å². The minimum atomic E-state index is 0.132. The summed E-state index contributed by atoms with van der Waals surface area (Å²) < 4.78 is 5.92. The molecule has 0 unspecified atom stereocenters. The number of likely N-dealkylation sites (tertiary alicyclic amines) is 1. The minimum Gasteiger partial charge on any atom is -0.417 e. The van der Waals surface area contributed by atoms with Crippen LogP contribution in [0, 0.1) is 0 Å². The highest BCUT2D eigenvalue weighted by Gasteiger charge is 2.30. The number of pyridine rings is 1. The molecule has 0 radical (unpaired) electrons. The molecule has 4 heterocycles. The predicted molar refractivity (Wildman–Crippen MR) is 99.5 cm³/mol. The molecule has 1 atom stereocenters. The van der Waals surface area contributed by atoms with Crippen molar-refractivity contribution in [1.29, 1.82) is 0 Å². The summed E-state index contributed by atoms with van der Waals surface area (Å²) in [5.74, 6) is 1.07. The van der Waals surface area contributed by atoms with Gasteiger partial charge < -0.3 is 4.42 Å². The van der Waals surface area contributed by atoms with Crippen LogP contribution in [0.1, 0.15) is 30.3 Å². The van der Waals surface area contributed by atoms with Gasteiger partial charge in [0.15, 0.2) is 0 Å². The fourth-order valence-corrected chi connectivity index (χ4v) is 3.64. The number of rotatable bonds is 4. The third-order valence-electron chi connectivity index (χ3n) is 4.92. The molecule has 1 aliphatic heterocycles. The zero-order valence-electron chi connectivity index (χ0n) is 14.7. The van der Waals surface area contributed by atoms with Crippen molar-refractivity contribution in [2.45, 2.75) is 25.4 Å². The summed E-state index contributed by atoms with van der Waals surface area (Å²) in [6.07, 6.45) is 8.82. The highest BCUT2D eigenvalue weighted by molar-refractivity contribution is 5.78. The fourth-order valence-electron chi connectivity index (χ4n) is 3.64. The van der Waals surface area contributed by atoms with Crippen molar-refractivity contribution in [1.82, 2.24) is 30.0 Å². The zero-order chi connectivity index (χ0) is 18.1. The molecule has 0 spiro atoms. The molecular formula is C20H18N6O. The summed E-state index contributed by atoms with van der Waals surface area (Å²) in [6.45, 7) is 1.86. The van der Waals surface area contributed by atoms with Crippen molar-refractivity contribution in [3.05, 3.63) is 66.6 Å². The molecule has 0 aliphatic carbocycles. The third-order valence-corrected chi connectivity index (χ3v) is 4.92. The van der Waals surface area contributed by atoms with Crippen molar-refractivity contribution >= 4 is 10.9 Å². The van der Waals surface area contributed by atoms with Crippen LogP contribution in [-0.2, 0) is 6.54 Å². The van der Waals surface area contributed by atoms with Gasteiger partial charge in [0.1, 0.15) is 5.69 Å². The summed E-state index contributed by atoms with van der Waals surface area (Å²) in [5.41, 5.74) is 2.88. The Morgan fingerprint density at radius 3 is 3.00 bits per heavy atom. The molecule has 1 aliphatic rings. The van der Waals surface area contributed by atoms with E-state index in [0.29, 0.717) is 17.5 Å². The summed E-state index contributed by atoms with van der Waals surface area (Å²) >= 11 is 0. The molecule has 27 heavy (non-hydrogen) atoms. The van der Waals surface area contributed by atoms with Crippen molar-refractivity contribution in [3.63, 3.8) is 0 Å². The first-order chi connectivity index (χ1) is 13.4. The number of fused-ring (bicyclic) bond motifs is 1. The van der Waals surface area contributed by atoms with Crippen LogP contribution in [0.4, 0.5) is 0 Å². The second-order valence-electron chi connectivity index (χ2n) is 6.70. The average Bonchev–Trinajstić information content (AvgIpc) is 3.38. The first-order valence-electron chi connectivity index (χ1n) is 9.04. The van der Waals surface area contributed by atoms with Crippen molar-refractivity contribution in [2.75, 3.05) is 6.54 Å². The van der Waals surface area contributed by atoms with Gasteiger partial charge in [-0.15, -0.1) is 10.2 Å². The zero-order valence-corrected chi connectivity index (χ0v) is 14.7. The van der Waals surface area contributed by atoms with Gasteiger partial charge in [-0.2, -0.15) is 0 Å². The van der Waals surface area contributed by atoms with Gasteiger partial charge in [0.05, 0.1) is 17.8 Å². The largest absolute Gasteiger partial charge is 0.417 e. The summed E-state index contributed by atoms with van der Waals surface area (Å²) in [4.78, 5) is 15.1. The van der Waals surface area contributed by atoms with E-state index in [4.69, 9.17) is 4.42 Å². The Balaban J connectivity index is 1.38. The van der Waals surface area contributed by atoms with Crippen LogP contribution < -0.4 is 0 Å². The van der Waals surface area contributed by atoms with Crippen LogP contribution in [0.15, 0.2) is 59.5 Å². The van der Waals surface area contributed by atoms with Gasteiger partial charge >= 0.3 is 0 Å². The number of aromatic nitrogens is 5. The van der Waals surface area contributed by atoms with Gasteiger partial charge in [0, 0.05) is 30.5 Å². The van der Waals surface area contributed by atoms with E-state index in [9.17, 15) is 0 Å². The Morgan fingerprint density at radius 1 is 1.07 bits per heavy atom. The number of hydrogen-bond acceptors (Lipinski definition) is 7. The second-order valence-corrected chi connectivity index (χ2v) is 6.70. The Labute approximate surface area is 156 Å². The standard InChI is InChI=1S/C20H18N6O/c1-3-15-11-14(5-6-16(15)22-7-1)13-26-10-2-4-18(26)20-25-24-19(27-20)17-12-21-8-9-23-17/h1,3,5-9,11-12,18H,2,4,10,13H2/t18-/m0/s1. The van der Waals surface area contributed by atoms with E-state index in [1.54, 1.807) is 18.6 Å². The quantitative estimate of drug-likeness (QED) is 0.553. The summed E-state index contributed by atoms with van der Waals surface area (Å²) in [6, 6.07) is 10.6. The van der Waals surface area contributed by atoms with Gasteiger partial charge in [-0.3, -0.25) is 14.9 Å². The van der Waals surface area contributed by atoms with Gasteiger partial charge in [-0.25, -0.2) is 4.98 Å².